The van der Waals surface area contributed by atoms with Gasteiger partial charge in [0.2, 0.25) is 0 Å². The number of methoxy groups -OCH3 is 1. The summed E-state index contributed by atoms with van der Waals surface area (Å²) in [6.07, 6.45) is 0. The number of aryl methyl sites for hydroxylation is 1. The van der Waals surface area contributed by atoms with Gasteiger partial charge in [0.15, 0.2) is 11.5 Å². The molecule has 26 heavy (non-hydrogen) atoms. The molecular weight excluding hydrogens is 335 g/mol. The van der Waals surface area contributed by atoms with Crippen LogP contribution in [0.2, 0.25) is 0 Å². The standard InChI is InChI=1S/C20H19FN2O3/c1-13-16(11-14-7-8-15(21)12-17(14)23-13)20(24)22-9-10-26-19-6-4-3-5-18(19)25-2/h3-8,11-12H,9-10H2,1-2H3,(H,22,24). The Bertz CT molecular complexity index is 943. The van der Waals surface area contributed by atoms with Gasteiger partial charge in [-0.1, -0.05) is 12.1 Å². The Morgan fingerprint density at radius 1 is 1.15 bits per heavy atom. The van der Waals surface area contributed by atoms with Crippen LogP contribution in [0.1, 0.15) is 16.1 Å². The summed E-state index contributed by atoms with van der Waals surface area (Å²) in [4.78, 5) is 16.7. The molecule has 1 aromatic heterocycles. The summed E-state index contributed by atoms with van der Waals surface area (Å²) in [5.41, 5.74) is 1.53. The molecule has 0 aliphatic rings. The van der Waals surface area contributed by atoms with Crippen LogP contribution >= 0.6 is 0 Å². The number of hydrogen-bond acceptors (Lipinski definition) is 4. The van der Waals surface area contributed by atoms with Crippen molar-refractivity contribution in [2.24, 2.45) is 0 Å². The molecule has 0 saturated heterocycles. The molecular formula is C20H19FN2O3. The van der Waals surface area contributed by atoms with Gasteiger partial charge in [0, 0.05) is 11.5 Å². The van der Waals surface area contributed by atoms with Crippen LogP contribution in [0, 0.1) is 12.7 Å². The number of nitrogens with zero attached hydrogens (tertiary/aromatic N) is 1. The maximum atomic E-state index is 13.3. The first-order valence-corrected chi connectivity index (χ1v) is 8.19. The maximum absolute atomic E-state index is 13.3. The first kappa shape index (κ1) is 17.7. The minimum absolute atomic E-state index is 0.246. The highest BCUT2D eigenvalue weighted by atomic mass is 19.1. The predicted octanol–water partition coefficient (Wildman–Crippen LogP) is 3.50. The SMILES string of the molecule is COc1ccccc1OCCNC(=O)c1cc2ccc(F)cc2nc1C. The number of ether oxygens (including phenoxy) is 2. The summed E-state index contributed by atoms with van der Waals surface area (Å²) in [5, 5.41) is 3.52. The second kappa shape index (κ2) is 7.82. The summed E-state index contributed by atoms with van der Waals surface area (Å²) in [7, 11) is 1.57. The molecule has 0 fully saturated rings. The number of amides is 1. The first-order chi connectivity index (χ1) is 12.6. The van der Waals surface area contributed by atoms with E-state index in [1.54, 1.807) is 38.3 Å². The molecule has 2 aromatic carbocycles. The largest absolute Gasteiger partial charge is 0.493 e. The van der Waals surface area contributed by atoms with Crippen molar-refractivity contribution >= 4 is 16.8 Å². The highest BCUT2D eigenvalue weighted by molar-refractivity contribution is 5.98. The van der Waals surface area contributed by atoms with Crippen molar-refractivity contribution in [3.05, 3.63) is 65.6 Å². The normalized spacial score (nSPS) is 10.6. The molecule has 3 aromatic rings. The lowest BCUT2D eigenvalue weighted by Crippen LogP contribution is -2.28. The van der Waals surface area contributed by atoms with Gasteiger partial charge in [0.1, 0.15) is 12.4 Å². The minimum atomic E-state index is -0.352. The number of fused-ring (bicyclic) bond motifs is 1. The molecule has 0 saturated carbocycles. The number of halogens is 1. The zero-order valence-corrected chi connectivity index (χ0v) is 14.6. The van der Waals surface area contributed by atoms with Crippen LogP contribution in [0.3, 0.4) is 0 Å². The summed E-state index contributed by atoms with van der Waals surface area (Å²) in [5.74, 6) is 0.662. The maximum Gasteiger partial charge on any atom is 0.253 e. The van der Waals surface area contributed by atoms with E-state index in [0.717, 1.165) is 0 Å². The van der Waals surface area contributed by atoms with Gasteiger partial charge in [-0.2, -0.15) is 0 Å². The molecule has 1 amide bonds. The van der Waals surface area contributed by atoms with Gasteiger partial charge in [0.25, 0.3) is 5.91 Å². The second-order valence-electron chi connectivity index (χ2n) is 5.71. The molecule has 3 rings (SSSR count). The Morgan fingerprint density at radius 2 is 1.92 bits per heavy atom. The van der Waals surface area contributed by atoms with Gasteiger partial charge in [-0.3, -0.25) is 9.78 Å². The summed E-state index contributed by atoms with van der Waals surface area (Å²) >= 11 is 0. The molecule has 1 N–H and O–H groups in total. The van der Waals surface area contributed by atoms with Gasteiger partial charge in [-0.15, -0.1) is 0 Å². The lowest BCUT2D eigenvalue weighted by Gasteiger charge is -2.12. The van der Waals surface area contributed by atoms with Gasteiger partial charge in [-0.05, 0) is 37.3 Å². The van der Waals surface area contributed by atoms with E-state index in [0.29, 0.717) is 46.8 Å². The van der Waals surface area contributed by atoms with Crippen molar-refractivity contribution in [2.75, 3.05) is 20.3 Å². The fourth-order valence-corrected chi connectivity index (χ4v) is 2.63. The number of rotatable bonds is 6. The Kier molecular flexibility index (Phi) is 5.31. The zero-order chi connectivity index (χ0) is 18.5. The average Bonchev–Trinajstić information content (AvgIpc) is 2.64. The van der Waals surface area contributed by atoms with Gasteiger partial charge in [-0.25, -0.2) is 4.39 Å². The predicted molar refractivity (Wildman–Crippen MR) is 97.3 cm³/mol. The van der Waals surface area contributed by atoms with Crippen LogP contribution in [0.15, 0.2) is 48.5 Å². The summed E-state index contributed by atoms with van der Waals surface area (Å²) in [6, 6.07) is 13.3. The number of nitrogens with one attached hydrogen (secondary N) is 1. The van der Waals surface area contributed by atoms with Gasteiger partial charge in [0.05, 0.1) is 30.4 Å². The average molecular weight is 354 g/mol. The molecule has 6 heteroatoms. The van der Waals surface area contributed by atoms with Crippen LogP contribution in [0.25, 0.3) is 10.9 Å². The summed E-state index contributed by atoms with van der Waals surface area (Å²) in [6.45, 7) is 2.36. The molecule has 0 radical (unpaired) electrons. The van der Waals surface area contributed by atoms with E-state index in [1.165, 1.54) is 12.1 Å². The van der Waals surface area contributed by atoms with E-state index in [9.17, 15) is 9.18 Å². The van der Waals surface area contributed by atoms with Crippen LogP contribution < -0.4 is 14.8 Å². The number of carbonyl (C=O) groups is 1. The molecule has 0 atom stereocenters. The van der Waals surface area contributed by atoms with E-state index in [1.807, 2.05) is 12.1 Å². The number of carbonyl (C=O) groups excluding carboxylic acids is 1. The third-order valence-electron chi connectivity index (χ3n) is 3.93. The van der Waals surface area contributed by atoms with Crippen molar-refractivity contribution in [1.82, 2.24) is 10.3 Å². The van der Waals surface area contributed by atoms with Crippen LogP contribution in [0.4, 0.5) is 4.39 Å². The van der Waals surface area contributed by atoms with Crippen LogP contribution in [0.5, 0.6) is 11.5 Å². The fourth-order valence-electron chi connectivity index (χ4n) is 2.63. The molecule has 5 nitrogen and oxygen atoms in total. The molecule has 0 bridgehead atoms. The molecule has 1 heterocycles. The van der Waals surface area contributed by atoms with E-state index in [4.69, 9.17) is 9.47 Å². The highest BCUT2D eigenvalue weighted by Crippen LogP contribution is 2.25. The van der Waals surface area contributed by atoms with Crippen LogP contribution in [-0.4, -0.2) is 31.2 Å². The highest BCUT2D eigenvalue weighted by Gasteiger charge is 2.12. The quantitative estimate of drug-likeness (QED) is 0.688. The smallest absolute Gasteiger partial charge is 0.253 e. The number of para-hydroxylation sites is 2. The molecule has 0 unspecified atom stereocenters. The Labute approximate surface area is 150 Å². The Hall–Kier alpha value is -3.15. The van der Waals surface area contributed by atoms with Crippen molar-refractivity contribution in [3.8, 4) is 11.5 Å². The minimum Gasteiger partial charge on any atom is -0.493 e. The van der Waals surface area contributed by atoms with Gasteiger partial charge >= 0.3 is 0 Å². The summed E-state index contributed by atoms with van der Waals surface area (Å²) < 4.78 is 24.1. The molecule has 134 valence electrons. The van der Waals surface area contributed by atoms with Crippen molar-refractivity contribution in [3.63, 3.8) is 0 Å². The van der Waals surface area contributed by atoms with Crippen LogP contribution in [-0.2, 0) is 0 Å². The van der Waals surface area contributed by atoms with E-state index < -0.39 is 0 Å². The molecule has 0 spiro atoms. The molecule has 0 aliphatic carbocycles. The fraction of sp³-hybridized carbons (Fsp3) is 0.200. The van der Waals surface area contributed by atoms with E-state index in [2.05, 4.69) is 10.3 Å². The Morgan fingerprint density at radius 3 is 2.69 bits per heavy atom. The van der Waals surface area contributed by atoms with E-state index in [-0.39, 0.29) is 11.7 Å². The molecule has 0 aliphatic heterocycles. The van der Waals surface area contributed by atoms with Crippen molar-refractivity contribution < 1.29 is 18.7 Å². The van der Waals surface area contributed by atoms with Crippen molar-refractivity contribution in [1.29, 1.82) is 0 Å². The lowest BCUT2D eigenvalue weighted by molar-refractivity contribution is 0.0946. The Balaban J connectivity index is 1.62. The first-order valence-electron chi connectivity index (χ1n) is 8.19. The zero-order valence-electron chi connectivity index (χ0n) is 14.6. The third kappa shape index (κ3) is 3.91. The second-order valence-corrected chi connectivity index (χ2v) is 5.71. The topological polar surface area (TPSA) is 60.5 Å². The monoisotopic (exact) mass is 354 g/mol. The lowest BCUT2D eigenvalue weighted by atomic mass is 10.1. The van der Waals surface area contributed by atoms with E-state index >= 15 is 0 Å². The number of aromatic nitrogens is 1. The number of hydrogen-bond donors (Lipinski definition) is 1. The number of pyridine rings is 1. The van der Waals surface area contributed by atoms with Gasteiger partial charge < -0.3 is 14.8 Å². The van der Waals surface area contributed by atoms with Crippen molar-refractivity contribution in [2.45, 2.75) is 6.92 Å². The third-order valence-corrected chi connectivity index (χ3v) is 3.93. The number of benzene rings is 2.